The van der Waals surface area contributed by atoms with Gasteiger partial charge in [-0.1, -0.05) is 31.2 Å². The Kier molecular flexibility index (Phi) is 4.90. The summed E-state index contributed by atoms with van der Waals surface area (Å²) in [5.74, 6) is 1.14. The highest BCUT2D eigenvalue weighted by molar-refractivity contribution is 6.06. The minimum atomic E-state index is -0.146. The fourth-order valence-corrected chi connectivity index (χ4v) is 3.96. The monoisotopic (exact) mass is 376 g/mol. The molecule has 4 rings (SSSR count). The Morgan fingerprint density at radius 3 is 2.64 bits per heavy atom. The van der Waals surface area contributed by atoms with E-state index in [1.165, 1.54) is 0 Å². The lowest BCUT2D eigenvalue weighted by Crippen LogP contribution is -2.39. The summed E-state index contributed by atoms with van der Waals surface area (Å²) in [5, 5.41) is 1.25. The predicted molar refractivity (Wildman–Crippen MR) is 110 cm³/mol. The standard InChI is InChI=1S/C23H24N2O3/c1-16-7-6-12-24(14-16)22(26)21-15-25(17-8-5-9-18(13-17)28-2)23(27)20-11-4-3-10-19(20)21/h3-5,8-11,13,15-16H,6-7,12,14H2,1-2H3. The number of aromatic nitrogens is 1. The molecule has 5 heteroatoms. The second-order valence-corrected chi connectivity index (χ2v) is 7.46. The predicted octanol–water partition coefficient (Wildman–Crippen LogP) is 3.87. The Bertz CT molecular complexity index is 1090. The molecule has 0 saturated carbocycles. The van der Waals surface area contributed by atoms with Crippen LogP contribution in [0.1, 0.15) is 30.1 Å². The van der Waals surface area contributed by atoms with Gasteiger partial charge in [0.1, 0.15) is 5.75 Å². The van der Waals surface area contributed by atoms with Gasteiger partial charge in [0.2, 0.25) is 0 Å². The van der Waals surface area contributed by atoms with Crippen molar-refractivity contribution in [1.82, 2.24) is 9.47 Å². The zero-order chi connectivity index (χ0) is 19.7. The summed E-state index contributed by atoms with van der Waals surface area (Å²) >= 11 is 0. The zero-order valence-corrected chi connectivity index (χ0v) is 16.2. The van der Waals surface area contributed by atoms with Crippen LogP contribution < -0.4 is 10.3 Å². The molecule has 0 spiro atoms. The first-order chi connectivity index (χ1) is 13.6. The summed E-state index contributed by atoms with van der Waals surface area (Å²) in [6, 6.07) is 14.6. The van der Waals surface area contributed by atoms with Gasteiger partial charge >= 0.3 is 0 Å². The third kappa shape index (κ3) is 3.28. The number of nitrogens with zero attached hydrogens (tertiary/aromatic N) is 2. The van der Waals surface area contributed by atoms with Gasteiger partial charge in [0.15, 0.2) is 0 Å². The summed E-state index contributed by atoms with van der Waals surface area (Å²) in [6.07, 6.45) is 3.84. The number of rotatable bonds is 3. The fraction of sp³-hybridized carbons (Fsp3) is 0.304. The number of carbonyl (C=O) groups excluding carboxylic acids is 1. The summed E-state index contributed by atoms with van der Waals surface area (Å²) in [6.45, 7) is 3.69. The second kappa shape index (κ2) is 7.50. The van der Waals surface area contributed by atoms with Gasteiger partial charge in [-0.25, -0.2) is 0 Å². The number of benzene rings is 2. The molecule has 144 valence electrons. The van der Waals surface area contributed by atoms with Crippen molar-refractivity contribution < 1.29 is 9.53 Å². The third-order valence-electron chi connectivity index (χ3n) is 5.43. The van der Waals surface area contributed by atoms with Crippen molar-refractivity contribution in [2.45, 2.75) is 19.8 Å². The lowest BCUT2D eigenvalue weighted by atomic mass is 9.98. The van der Waals surface area contributed by atoms with E-state index in [1.54, 1.807) is 30.0 Å². The summed E-state index contributed by atoms with van der Waals surface area (Å²) < 4.78 is 6.84. The zero-order valence-electron chi connectivity index (χ0n) is 16.2. The molecule has 0 radical (unpaired) electrons. The van der Waals surface area contributed by atoms with E-state index >= 15 is 0 Å². The number of carbonyl (C=O) groups is 1. The van der Waals surface area contributed by atoms with Crippen molar-refractivity contribution in [3.8, 4) is 11.4 Å². The van der Waals surface area contributed by atoms with Crippen molar-refractivity contribution in [3.63, 3.8) is 0 Å². The Hall–Kier alpha value is -3.08. The van der Waals surface area contributed by atoms with E-state index in [9.17, 15) is 9.59 Å². The molecule has 1 aromatic heterocycles. The number of methoxy groups -OCH3 is 1. The smallest absolute Gasteiger partial charge is 0.262 e. The fourth-order valence-electron chi connectivity index (χ4n) is 3.96. The number of hydrogen-bond donors (Lipinski definition) is 0. The van der Waals surface area contributed by atoms with Crippen LogP contribution in [0.3, 0.4) is 0 Å². The van der Waals surface area contributed by atoms with E-state index in [2.05, 4.69) is 6.92 Å². The minimum absolute atomic E-state index is 0.0144. The Morgan fingerprint density at radius 2 is 1.89 bits per heavy atom. The Balaban J connectivity index is 1.89. The molecule has 0 aliphatic carbocycles. The van der Waals surface area contributed by atoms with Crippen LogP contribution in [0.15, 0.2) is 59.5 Å². The molecule has 2 heterocycles. The molecule has 0 bridgehead atoms. The van der Waals surface area contributed by atoms with E-state index in [4.69, 9.17) is 4.74 Å². The number of pyridine rings is 1. The second-order valence-electron chi connectivity index (χ2n) is 7.46. The van der Waals surface area contributed by atoms with E-state index in [0.29, 0.717) is 33.7 Å². The quantitative estimate of drug-likeness (QED) is 0.697. The largest absolute Gasteiger partial charge is 0.497 e. The molecule has 0 N–H and O–H groups in total. The lowest BCUT2D eigenvalue weighted by molar-refractivity contribution is 0.0684. The first-order valence-electron chi connectivity index (χ1n) is 9.66. The topological polar surface area (TPSA) is 51.5 Å². The highest BCUT2D eigenvalue weighted by Gasteiger charge is 2.24. The highest BCUT2D eigenvalue weighted by atomic mass is 16.5. The molecule has 1 amide bonds. The Morgan fingerprint density at radius 1 is 1.11 bits per heavy atom. The minimum Gasteiger partial charge on any atom is -0.497 e. The molecular formula is C23H24N2O3. The summed E-state index contributed by atoms with van der Waals surface area (Å²) in [7, 11) is 1.59. The van der Waals surface area contributed by atoms with Gasteiger partial charge in [-0.3, -0.25) is 14.2 Å². The van der Waals surface area contributed by atoms with Gasteiger partial charge in [-0.05, 0) is 37.0 Å². The number of piperidine rings is 1. The van der Waals surface area contributed by atoms with Crippen LogP contribution in [0.4, 0.5) is 0 Å². The van der Waals surface area contributed by atoms with Crippen LogP contribution in [-0.2, 0) is 0 Å². The maximum atomic E-state index is 13.4. The van der Waals surface area contributed by atoms with Gasteiger partial charge in [0, 0.05) is 36.1 Å². The average molecular weight is 376 g/mol. The normalized spacial score (nSPS) is 16.9. The van der Waals surface area contributed by atoms with Crippen LogP contribution in [0.5, 0.6) is 5.75 Å². The van der Waals surface area contributed by atoms with Crippen LogP contribution in [-0.4, -0.2) is 35.6 Å². The van der Waals surface area contributed by atoms with Crippen molar-refractivity contribution in [1.29, 1.82) is 0 Å². The van der Waals surface area contributed by atoms with Crippen molar-refractivity contribution >= 4 is 16.7 Å². The molecule has 1 unspecified atom stereocenters. The van der Waals surface area contributed by atoms with Gasteiger partial charge in [-0.2, -0.15) is 0 Å². The Labute approximate surface area is 164 Å². The molecule has 5 nitrogen and oxygen atoms in total. The number of ether oxygens (including phenoxy) is 1. The molecule has 3 aromatic rings. The van der Waals surface area contributed by atoms with Crippen molar-refractivity contribution in [2.75, 3.05) is 20.2 Å². The van der Waals surface area contributed by atoms with Crippen LogP contribution in [0.2, 0.25) is 0 Å². The average Bonchev–Trinajstić information content (AvgIpc) is 2.74. The molecule has 1 atom stereocenters. The highest BCUT2D eigenvalue weighted by Crippen LogP contribution is 2.23. The van der Waals surface area contributed by atoms with Crippen LogP contribution >= 0.6 is 0 Å². The maximum Gasteiger partial charge on any atom is 0.262 e. The first-order valence-corrected chi connectivity index (χ1v) is 9.66. The molecule has 1 saturated heterocycles. The van der Waals surface area contributed by atoms with Gasteiger partial charge < -0.3 is 9.64 Å². The number of amides is 1. The van der Waals surface area contributed by atoms with Gasteiger partial charge in [-0.15, -0.1) is 0 Å². The van der Waals surface area contributed by atoms with Crippen molar-refractivity contribution in [3.05, 3.63) is 70.6 Å². The molecule has 28 heavy (non-hydrogen) atoms. The van der Waals surface area contributed by atoms with Crippen LogP contribution in [0.25, 0.3) is 16.5 Å². The maximum absolute atomic E-state index is 13.4. The molecule has 1 aliphatic rings. The van der Waals surface area contributed by atoms with E-state index < -0.39 is 0 Å². The number of fused-ring (bicyclic) bond motifs is 1. The first kappa shape index (κ1) is 18.3. The summed E-state index contributed by atoms with van der Waals surface area (Å²) in [4.78, 5) is 28.4. The third-order valence-corrected chi connectivity index (χ3v) is 5.43. The van der Waals surface area contributed by atoms with Crippen LogP contribution in [0, 0.1) is 5.92 Å². The van der Waals surface area contributed by atoms with Crippen molar-refractivity contribution in [2.24, 2.45) is 5.92 Å². The van der Waals surface area contributed by atoms with E-state index in [0.717, 1.165) is 25.9 Å². The van der Waals surface area contributed by atoms with E-state index in [-0.39, 0.29) is 11.5 Å². The molecule has 1 aliphatic heterocycles. The molecule has 1 fully saturated rings. The van der Waals surface area contributed by atoms with E-state index in [1.807, 2.05) is 41.3 Å². The summed E-state index contributed by atoms with van der Waals surface area (Å²) in [5.41, 5.74) is 1.09. The SMILES string of the molecule is COc1cccc(-n2cc(C(=O)N3CCCC(C)C3)c3ccccc3c2=O)c1. The van der Waals surface area contributed by atoms with Gasteiger partial charge in [0.05, 0.1) is 18.4 Å². The van der Waals surface area contributed by atoms with Gasteiger partial charge in [0.25, 0.3) is 11.5 Å². The number of likely N-dealkylation sites (tertiary alicyclic amines) is 1. The molecular weight excluding hydrogens is 352 g/mol. The molecule has 2 aromatic carbocycles. The number of hydrogen-bond acceptors (Lipinski definition) is 3. The lowest BCUT2D eigenvalue weighted by Gasteiger charge is -2.31.